The first-order valence-corrected chi connectivity index (χ1v) is 14.6. The fraction of sp³-hybridized carbons (Fsp3) is 0.586. The summed E-state index contributed by atoms with van der Waals surface area (Å²) in [6, 6.07) is 11.0. The summed E-state index contributed by atoms with van der Waals surface area (Å²) in [5.74, 6) is 0.986. The second-order valence-corrected chi connectivity index (χ2v) is 12.3. The number of carbonyl (C=O) groups excluding carboxylic acids is 1. The van der Waals surface area contributed by atoms with Gasteiger partial charge in [-0.2, -0.15) is 5.26 Å². The third-order valence-electron chi connectivity index (χ3n) is 8.02. The molecule has 3 aliphatic rings. The summed E-state index contributed by atoms with van der Waals surface area (Å²) < 4.78 is 5.64. The molecule has 2 aromatic rings. The molecule has 196 valence electrons. The number of piperazine rings is 1. The number of benzene rings is 1. The van der Waals surface area contributed by atoms with Gasteiger partial charge in [0.1, 0.15) is 11.4 Å². The van der Waals surface area contributed by atoms with E-state index >= 15 is 0 Å². The summed E-state index contributed by atoms with van der Waals surface area (Å²) in [6.07, 6.45) is 8.53. The van der Waals surface area contributed by atoms with Gasteiger partial charge in [-0.15, -0.1) is 0 Å². The number of thioether (sulfide) groups is 1. The predicted octanol–water partition coefficient (Wildman–Crippen LogP) is 5.30. The number of rotatable bonds is 3. The largest absolute Gasteiger partial charge is 0.444 e. The van der Waals surface area contributed by atoms with Crippen molar-refractivity contribution in [1.82, 2.24) is 14.9 Å². The van der Waals surface area contributed by atoms with E-state index in [1.807, 2.05) is 27.0 Å². The van der Waals surface area contributed by atoms with Gasteiger partial charge in [0.05, 0.1) is 24.2 Å². The SMILES string of the molecule is CSc1nc2c(c(N3CCN(C(=O)OC(C)(C)C)C(CC#N)C3)n1)CCC1(CCCc3ccccc31)C2. The Morgan fingerprint density at radius 2 is 2.03 bits per heavy atom. The smallest absolute Gasteiger partial charge is 0.410 e. The lowest BCUT2D eigenvalue weighted by molar-refractivity contribution is 0.0144. The maximum absolute atomic E-state index is 12.9. The van der Waals surface area contributed by atoms with Crippen molar-refractivity contribution in [3.05, 3.63) is 46.6 Å². The van der Waals surface area contributed by atoms with Crippen LogP contribution >= 0.6 is 11.8 Å². The van der Waals surface area contributed by atoms with Gasteiger partial charge >= 0.3 is 6.09 Å². The molecule has 7 nitrogen and oxygen atoms in total. The molecule has 5 rings (SSSR count). The molecule has 0 bridgehead atoms. The van der Waals surface area contributed by atoms with Crippen LogP contribution in [0.4, 0.5) is 10.6 Å². The van der Waals surface area contributed by atoms with Crippen molar-refractivity contribution in [2.75, 3.05) is 30.8 Å². The molecule has 1 fully saturated rings. The molecule has 1 aliphatic heterocycles. The number of nitriles is 1. The second-order valence-electron chi connectivity index (χ2n) is 11.6. The summed E-state index contributed by atoms with van der Waals surface area (Å²) in [5.41, 5.74) is 5.00. The molecule has 1 saturated heterocycles. The minimum absolute atomic E-state index is 0.155. The lowest BCUT2D eigenvalue weighted by Gasteiger charge is -2.45. The average Bonchev–Trinajstić information content (AvgIpc) is 2.87. The highest BCUT2D eigenvalue weighted by Crippen LogP contribution is 2.47. The van der Waals surface area contributed by atoms with Crippen LogP contribution in [-0.2, 0) is 29.4 Å². The Labute approximate surface area is 224 Å². The van der Waals surface area contributed by atoms with Gasteiger partial charge in [-0.1, -0.05) is 36.0 Å². The number of hydrogen-bond acceptors (Lipinski definition) is 7. The van der Waals surface area contributed by atoms with Crippen LogP contribution in [0.5, 0.6) is 0 Å². The van der Waals surface area contributed by atoms with Crippen LogP contribution in [-0.4, -0.2) is 58.5 Å². The first-order valence-electron chi connectivity index (χ1n) is 13.4. The fourth-order valence-electron chi connectivity index (χ4n) is 6.36. The van der Waals surface area contributed by atoms with Crippen molar-refractivity contribution in [3.8, 4) is 6.07 Å². The summed E-state index contributed by atoms with van der Waals surface area (Å²) in [7, 11) is 0. The molecular weight excluding hydrogens is 482 g/mol. The van der Waals surface area contributed by atoms with E-state index in [1.165, 1.54) is 35.2 Å². The highest BCUT2D eigenvalue weighted by molar-refractivity contribution is 7.98. The number of anilines is 1. The zero-order valence-corrected chi connectivity index (χ0v) is 23.2. The molecule has 37 heavy (non-hydrogen) atoms. The van der Waals surface area contributed by atoms with Crippen molar-refractivity contribution in [2.24, 2.45) is 0 Å². The van der Waals surface area contributed by atoms with E-state index in [-0.39, 0.29) is 24.0 Å². The van der Waals surface area contributed by atoms with E-state index in [4.69, 9.17) is 14.7 Å². The van der Waals surface area contributed by atoms with E-state index in [9.17, 15) is 10.1 Å². The van der Waals surface area contributed by atoms with Crippen molar-refractivity contribution in [2.45, 2.75) is 87.9 Å². The minimum atomic E-state index is -0.571. The Balaban J connectivity index is 1.44. The molecule has 2 heterocycles. The first-order chi connectivity index (χ1) is 17.7. The molecule has 8 heteroatoms. The number of carbonyl (C=O) groups is 1. The molecule has 1 aromatic heterocycles. The Morgan fingerprint density at radius 1 is 1.22 bits per heavy atom. The highest BCUT2D eigenvalue weighted by Gasteiger charge is 2.42. The van der Waals surface area contributed by atoms with Crippen LogP contribution in [0.25, 0.3) is 0 Å². The first kappa shape index (κ1) is 25.8. The average molecular weight is 520 g/mol. The van der Waals surface area contributed by atoms with Gasteiger partial charge in [-0.05, 0) is 76.7 Å². The summed E-state index contributed by atoms with van der Waals surface area (Å²) in [4.78, 5) is 26.9. The maximum atomic E-state index is 12.9. The van der Waals surface area contributed by atoms with Crippen LogP contribution in [0.2, 0.25) is 0 Å². The number of aryl methyl sites for hydroxylation is 1. The zero-order valence-electron chi connectivity index (χ0n) is 22.4. The standard InChI is InChI=1S/C29H37N5O2S/c1-28(2,3)36-27(35)34-17-16-33(19-21(34)12-15-30)25-22-11-14-29(18-24(22)31-26(32-25)37-4)13-7-9-20-8-5-6-10-23(20)29/h5-6,8,10,21H,7,9,11-14,16-19H2,1-4H3. The summed E-state index contributed by atoms with van der Waals surface area (Å²) in [6.45, 7) is 7.34. The molecule has 2 unspecified atom stereocenters. The normalized spacial score (nSPS) is 23.3. The van der Waals surface area contributed by atoms with Gasteiger partial charge < -0.3 is 14.5 Å². The van der Waals surface area contributed by atoms with Gasteiger partial charge in [0.25, 0.3) is 0 Å². The van der Waals surface area contributed by atoms with Gasteiger partial charge in [0.15, 0.2) is 5.16 Å². The van der Waals surface area contributed by atoms with E-state index in [1.54, 1.807) is 16.7 Å². The van der Waals surface area contributed by atoms with Crippen LogP contribution < -0.4 is 4.90 Å². The van der Waals surface area contributed by atoms with Gasteiger partial charge in [0, 0.05) is 30.6 Å². The lowest BCUT2D eigenvalue weighted by Crippen LogP contribution is -2.56. The molecule has 0 saturated carbocycles. The summed E-state index contributed by atoms with van der Waals surface area (Å²) >= 11 is 1.58. The van der Waals surface area contributed by atoms with Gasteiger partial charge in [-0.25, -0.2) is 14.8 Å². The Morgan fingerprint density at radius 3 is 2.78 bits per heavy atom. The highest BCUT2D eigenvalue weighted by atomic mass is 32.2. The number of hydrogen-bond donors (Lipinski definition) is 0. The number of nitrogens with zero attached hydrogens (tertiary/aromatic N) is 5. The van der Waals surface area contributed by atoms with Crippen molar-refractivity contribution >= 4 is 23.7 Å². The van der Waals surface area contributed by atoms with E-state index in [0.29, 0.717) is 19.6 Å². The number of fused-ring (bicyclic) bond motifs is 3. The zero-order chi connectivity index (χ0) is 26.2. The Hall–Kier alpha value is -2.79. The van der Waals surface area contributed by atoms with E-state index in [0.717, 1.165) is 36.7 Å². The van der Waals surface area contributed by atoms with Crippen molar-refractivity contribution in [1.29, 1.82) is 5.26 Å². The van der Waals surface area contributed by atoms with Crippen LogP contribution in [0.1, 0.15) is 68.8 Å². The maximum Gasteiger partial charge on any atom is 0.410 e. The number of ether oxygens (including phenoxy) is 1. The van der Waals surface area contributed by atoms with Crippen LogP contribution in [0.3, 0.4) is 0 Å². The number of aromatic nitrogens is 2. The summed E-state index contributed by atoms with van der Waals surface area (Å²) in [5, 5.41) is 10.3. The topological polar surface area (TPSA) is 82.4 Å². The van der Waals surface area contributed by atoms with Gasteiger partial charge in [-0.3, -0.25) is 0 Å². The van der Waals surface area contributed by atoms with E-state index in [2.05, 4.69) is 35.2 Å². The predicted molar refractivity (Wildman–Crippen MR) is 146 cm³/mol. The molecule has 0 N–H and O–H groups in total. The van der Waals surface area contributed by atoms with Crippen molar-refractivity contribution in [3.63, 3.8) is 0 Å². The Kier molecular flexibility index (Phi) is 7.10. The molecular formula is C29H37N5O2S. The molecule has 2 atom stereocenters. The molecule has 2 aliphatic carbocycles. The Bertz CT molecular complexity index is 1220. The quantitative estimate of drug-likeness (QED) is 0.402. The third kappa shape index (κ3) is 5.16. The van der Waals surface area contributed by atoms with Crippen molar-refractivity contribution < 1.29 is 9.53 Å². The molecule has 1 spiro atoms. The molecule has 0 radical (unpaired) electrons. The molecule has 1 aromatic carbocycles. The monoisotopic (exact) mass is 519 g/mol. The fourth-order valence-corrected chi connectivity index (χ4v) is 6.74. The third-order valence-corrected chi connectivity index (χ3v) is 8.57. The molecule has 1 amide bonds. The second kappa shape index (κ2) is 10.2. The minimum Gasteiger partial charge on any atom is -0.444 e. The van der Waals surface area contributed by atoms with Crippen LogP contribution in [0, 0.1) is 11.3 Å². The number of amides is 1. The van der Waals surface area contributed by atoms with Gasteiger partial charge in [0.2, 0.25) is 0 Å². The van der Waals surface area contributed by atoms with Crippen LogP contribution in [0.15, 0.2) is 29.4 Å². The lowest BCUT2D eigenvalue weighted by atomic mass is 9.62. The van der Waals surface area contributed by atoms with E-state index < -0.39 is 5.60 Å².